The number of ether oxygens (including phenoxy) is 1. The van der Waals surface area contributed by atoms with E-state index in [1.807, 2.05) is 0 Å². The minimum absolute atomic E-state index is 0.209. The molecule has 0 aromatic carbocycles. The van der Waals surface area contributed by atoms with Gasteiger partial charge in [0.05, 0.1) is 6.61 Å². The number of morpholine rings is 1. The third kappa shape index (κ3) is 2.93. The van der Waals surface area contributed by atoms with Crippen molar-refractivity contribution in [3.8, 4) is 0 Å². The van der Waals surface area contributed by atoms with Crippen molar-refractivity contribution in [3.63, 3.8) is 0 Å². The number of rotatable bonds is 1. The summed E-state index contributed by atoms with van der Waals surface area (Å²) < 4.78 is 5.67. The molecule has 2 atom stereocenters. The molecule has 0 aromatic heterocycles. The van der Waals surface area contributed by atoms with E-state index in [2.05, 4.69) is 21.7 Å². The van der Waals surface area contributed by atoms with Gasteiger partial charge in [-0.15, -0.1) is 0 Å². The number of likely N-dealkylation sites (N-methyl/N-ethyl adjacent to an activating group) is 1. The van der Waals surface area contributed by atoms with E-state index in [0.29, 0.717) is 12.6 Å². The zero-order valence-corrected chi connectivity index (χ0v) is 11.9. The molecule has 0 radical (unpaired) electrons. The van der Waals surface area contributed by atoms with Gasteiger partial charge in [0.1, 0.15) is 6.10 Å². The van der Waals surface area contributed by atoms with Gasteiger partial charge in [-0.2, -0.15) is 0 Å². The minimum atomic E-state index is -0.244. The fourth-order valence-corrected chi connectivity index (χ4v) is 3.54. The molecule has 1 amide bonds. The first kappa shape index (κ1) is 13.3. The second kappa shape index (κ2) is 5.77. The third-order valence-corrected chi connectivity index (χ3v) is 4.66. The average molecular weight is 267 g/mol. The summed E-state index contributed by atoms with van der Waals surface area (Å²) in [6.45, 7) is 6.52. The van der Waals surface area contributed by atoms with Gasteiger partial charge in [0.25, 0.3) is 5.91 Å². The van der Waals surface area contributed by atoms with E-state index in [-0.39, 0.29) is 12.0 Å². The highest BCUT2D eigenvalue weighted by atomic mass is 16.5. The lowest BCUT2D eigenvalue weighted by Crippen LogP contribution is -2.51. The van der Waals surface area contributed by atoms with Gasteiger partial charge in [0.2, 0.25) is 0 Å². The number of amides is 1. The molecule has 5 heteroatoms. The number of hydrogen-bond donors (Lipinski definition) is 0. The molecular formula is C14H25N3O2. The molecule has 0 aromatic rings. The molecule has 3 aliphatic heterocycles. The Labute approximate surface area is 115 Å². The van der Waals surface area contributed by atoms with Crippen molar-refractivity contribution in [2.24, 2.45) is 0 Å². The van der Waals surface area contributed by atoms with Crippen molar-refractivity contribution < 1.29 is 9.53 Å². The molecule has 0 N–H and O–H groups in total. The molecule has 19 heavy (non-hydrogen) atoms. The van der Waals surface area contributed by atoms with Crippen molar-refractivity contribution in [3.05, 3.63) is 0 Å². The van der Waals surface area contributed by atoms with Gasteiger partial charge in [-0.05, 0) is 32.9 Å². The number of carbonyl (C=O) groups excluding carboxylic acids is 1. The molecule has 0 bridgehead atoms. The zero-order valence-electron chi connectivity index (χ0n) is 11.9. The van der Waals surface area contributed by atoms with E-state index in [1.54, 1.807) is 0 Å². The Morgan fingerprint density at radius 2 is 1.95 bits per heavy atom. The summed E-state index contributed by atoms with van der Waals surface area (Å²) in [6, 6.07) is 0.591. The van der Waals surface area contributed by atoms with Crippen molar-refractivity contribution in [1.29, 1.82) is 0 Å². The predicted molar refractivity (Wildman–Crippen MR) is 73.0 cm³/mol. The lowest BCUT2D eigenvalue weighted by molar-refractivity contribution is -0.149. The summed E-state index contributed by atoms with van der Waals surface area (Å²) in [5, 5.41) is 0. The van der Waals surface area contributed by atoms with E-state index >= 15 is 0 Å². The maximum atomic E-state index is 12.6. The molecule has 108 valence electrons. The van der Waals surface area contributed by atoms with Crippen LogP contribution < -0.4 is 0 Å². The Morgan fingerprint density at radius 1 is 1.11 bits per heavy atom. The van der Waals surface area contributed by atoms with Crippen LogP contribution in [-0.2, 0) is 9.53 Å². The Morgan fingerprint density at radius 3 is 2.79 bits per heavy atom. The molecule has 3 aliphatic rings. The molecule has 3 fully saturated rings. The van der Waals surface area contributed by atoms with Gasteiger partial charge in [-0.1, -0.05) is 0 Å². The third-order valence-electron chi connectivity index (χ3n) is 4.66. The van der Waals surface area contributed by atoms with Gasteiger partial charge < -0.3 is 14.5 Å². The first-order valence-electron chi connectivity index (χ1n) is 7.57. The summed E-state index contributed by atoms with van der Waals surface area (Å²) in [7, 11) is 2.06. The molecule has 3 saturated heterocycles. The molecule has 3 heterocycles. The van der Waals surface area contributed by atoms with Crippen LogP contribution in [0.1, 0.15) is 19.3 Å². The maximum absolute atomic E-state index is 12.6. The van der Waals surface area contributed by atoms with Crippen molar-refractivity contribution in [1.82, 2.24) is 14.7 Å². The molecular weight excluding hydrogens is 242 g/mol. The second-order valence-corrected chi connectivity index (χ2v) is 6.09. The van der Waals surface area contributed by atoms with Gasteiger partial charge in [-0.3, -0.25) is 9.69 Å². The Kier molecular flexibility index (Phi) is 4.05. The average Bonchev–Trinajstić information content (AvgIpc) is 2.75. The monoisotopic (exact) mass is 267 g/mol. The van der Waals surface area contributed by atoms with E-state index < -0.39 is 0 Å². The second-order valence-electron chi connectivity index (χ2n) is 6.09. The molecule has 0 aliphatic carbocycles. The van der Waals surface area contributed by atoms with Crippen molar-refractivity contribution in [2.75, 3.05) is 52.9 Å². The lowest BCUT2D eigenvalue weighted by Gasteiger charge is -2.33. The Hall–Kier alpha value is -0.650. The van der Waals surface area contributed by atoms with Crippen LogP contribution in [-0.4, -0.2) is 85.7 Å². The molecule has 5 nitrogen and oxygen atoms in total. The smallest absolute Gasteiger partial charge is 0.253 e. The van der Waals surface area contributed by atoms with Gasteiger partial charge >= 0.3 is 0 Å². The molecule has 0 unspecified atom stereocenters. The van der Waals surface area contributed by atoms with Crippen LogP contribution >= 0.6 is 0 Å². The molecule has 0 spiro atoms. The highest BCUT2D eigenvalue weighted by Crippen LogP contribution is 2.22. The van der Waals surface area contributed by atoms with E-state index in [0.717, 1.165) is 39.1 Å². The summed E-state index contributed by atoms with van der Waals surface area (Å²) in [5.41, 5.74) is 0. The molecule has 3 rings (SSSR count). The highest BCUT2D eigenvalue weighted by molar-refractivity contribution is 5.81. The summed E-state index contributed by atoms with van der Waals surface area (Å²) in [6.07, 6.45) is 3.39. The number of fused-ring (bicyclic) bond motifs is 1. The summed E-state index contributed by atoms with van der Waals surface area (Å²) in [5.74, 6) is 0.209. The van der Waals surface area contributed by atoms with Gasteiger partial charge in [0, 0.05) is 38.8 Å². The Bertz CT molecular complexity index is 337. The van der Waals surface area contributed by atoms with E-state index in [4.69, 9.17) is 4.74 Å². The van der Waals surface area contributed by atoms with Crippen molar-refractivity contribution in [2.45, 2.75) is 31.4 Å². The topological polar surface area (TPSA) is 36.0 Å². The zero-order chi connectivity index (χ0) is 13.2. The van der Waals surface area contributed by atoms with Crippen LogP contribution in [0, 0.1) is 0 Å². The number of nitrogens with zero attached hydrogens (tertiary/aromatic N) is 3. The fraction of sp³-hybridized carbons (Fsp3) is 0.929. The minimum Gasteiger partial charge on any atom is -0.366 e. The normalized spacial score (nSPS) is 34.1. The van der Waals surface area contributed by atoms with Gasteiger partial charge in [0.15, 0.2) is 0 Å². The first-order valence-corrected chi connectivity index (χ1v) is 7.57. The largest absolute Gasteiger partial charge is 0.366 e. The molecule has 0 saturated carbocycles. The van der Waals surface area contributed by atoms with Gasteiger partial charge in [-0.25, -0.2) is 0 Å². The standard InChI is InChI=1S/C14H25N3O2/c1-15-8-9-19-13(11-15)14(18)17-7-3-6-16-5-2-4-12(16)10-17/h12-13H,2-11H2,1H3/t12-,13-/m1/s1. The summed E-state index contributed by atoms with van der Waals surface area (Å²) >= 11 is 0. The van der Waals surface area contributed by atoms with E-state index in [1.165, 1.54) is 19.4 Å². The van der Waals surface area contributed by atoms with Crippen LogP contribution in [0.3, 0.4) is 0 Å². The van der Waals surface area contributed by atoms with Crippen molar-refractivity contribution >= 4 is 5.91 Å². The number of carbonyl (C=O) groups is 1. The van der Waals surface area contributed by atoms with Crippen LogP contribution in [0.5, 0.6) is 0 Å². The quantitative estimate of drug-likeness (QED) is 0.671. The number of hydrogen-bond acceptors (Lipinski definition) is 4. The maximum Gasteiger partial charge on any atom is 0.253 e. The SMILES string of the molecule is CN1CCO[C@@H](C(=O)N2CCCN3CCC[C@@H]3C2)C1. The summed E-state index contributed by atoms with van der Waals surface area (Å²) in [4.78, 5) is 19.4. The van der Waals surface area contributed by atoms with E-state index in [9.17, 15) is 4.79 Å². The first-order chi connectivity index (χ1) is 9.24. The highest BCUT2D eigenvalue weighted by Gasteiger charge is 2.34. The van der Waals surface area contributed by atoms with Crippen LogP contribution in [0.2, 0.25) is 0 Å². The predicted octanol–water partition coefficient (Wildman–Crippen LogP) is 0.0137. The van der Waals surface area contributed by atoms with Crippen LogP contribution in [0.15, 0.2) is 0 Å². The van der Waals surface area contributed by atoms with Crippen LogP contribution in [0.25, 0.3) is 0 Å². The Balaban J connectivity index is 1.62. The lowest BCUT2D eigenvalue weighted by atomic mass is 10.2. The fourth-order valence-electron chi connectivity index (χ4n) is 3.54. The van der Waals surface area contributed by atoms with Crippen LogP contribution in [0.4, 0.5) is 0 Å².